The number of anilines is 1. The van der Waals surface area contributed by atoms with E-state index in [0.29, 0.717) is 10.6 Å². The van der Waals surface area contributed by atoms with Gasteiger partial charge in [-0.05, 0) is 18.3 Å². The zero-order chi connectivity index (χ0) is 5.98. The van der Waals surface area contributed by atoms with Gasteiger partial charge in [0.1, 0.15) is 5.82 Å². The van der Waals surface area contributed by atoms with E-state index in [1.807, 2.05) is 0 Å². The number of nitrogens with zero attached hydrogens (tertiary/aromatic N) is 1. The number of aromatic nitrogens is 2. The number of nitrogens with one attached hydrogen (secondary N) is 1. The second-order valence-electron chi connectivity index (χ2n) is 1.33. The summed E-state index contributed by atoms with van der Waals surface area (Å²) >= 11 is 4.65. The van der Waals surface area contributed by atoms with Crippen molar-refractivity contribution >= 4 is 47.6 Å². The van der Waals surface area contributed by atoms with E-state index < -0.39 is 0 Å². The first-order valence-corrected chi connectivity index (χ1v) is 2.50. The largest absolute Gasteiger partial charge is 0.385 e. The standard InChI is InChI=1S/C4H5N3S.Na/c5-3-1-2-6-4(8)7-3;/h1-2H,(H3,5,6,7,8);. The van der Waals surface area contributed by atoms with Crippen LogP contribution in [0, 0.1) is 4.77 Å². The van der Waals surface area contributed by atoms with Gasteiger partial charge in [-0.1, -0.05) is 0 Å². The number of hydrogen-bond acceptors (Lipinski definition) is 3. The van der Waals surface area contributed by atoms with Gasteiger partial charge < -0.3 is 10.7 Å². The van der Waals surface area contributed by atoms with Gasteiger partial charge in [0.2, 0.25) is 0 Å². The number of H-pyrrole nitrogens is 1. The third kappa shape index (κ3) is 2.95. The van der Waals surface area contributed by atoms with E-state index in [1.54, 1.807) is 12.3 Å². The van der Waals surface area contributed by atoms with Crippen LogP contribution in [-0.2, 0) is 0 Å². The Bertz CT molecular complexity index is 233. The van der Waals surface area contributed by atoms with Crippen molar-refractivity contribution in [2.24, 2.45) is 0 Å². The van der Waals surface area contributed by atoms with E-state index in [1.165, 1.54) is 0 Å². The molecule has 0 aliphatic rings. The Morgan fingerprint density at radius 2 is 2.33 bits per heavy atom. The Morgan fingerprint density at radius 3 is 2.67 bits per heavy atom. The molecule has 0 saturated carbocycles. The number of nitrogens with two attached hydrogens (primary N) is 1. The first-order chi connectivity index (χ1) is 3.79. The summed E-state index contributed by atoms with van der Waals surface area (Å²) in [7, 11) is 0. The smallest absolute Gasteiger partial charge is 0.198 e. The fraction of sp³-hybridized carbons (Fsp3) is 0. The van der Waals surface area contributed by atoms with E-state index in [2.05, 4.69) is 22.2 Å². The van der Waals surface area contributed by atoms with Crippen LogP contribution in [0.3, 0.4) is 0 Å². The number of rotatable bonds is 0. The van der Waals surface area contributed by atoms with Crippen molar-refractivity contribution in [3.63, 3.8) is 0 Å². The molecule has 1 rings (SSSR count). The molecule has 0 spiro atoms. The normalized spacial score (nSPS) is 8.00. The predicted molar refractivity (Wildman–Crippen MR) is 39.6 cm³/mol. The maximum atomic E-state index is 5.30. The molecule has 1 aromatic heterocycles. The summed E-state index contributed by atoms with van der Waals surface area (Å²) in [5.74, 6) is 0.546. The first-order valence-electron chi connectivity index (χ1n) is 2.10. The third-order valence-electron chi connectivity index (χ3n) is 0.697. The van der Waals surface area contributed by atoms with E-state index in [0.717, 1.165) is 0 Å². The number of nitrogen functional groups attached to an aromatic ring is 1. The number of hydrogen-bond donors (Lipinski definition) is 2. The molecule has 0 aliphatic heterocycles. The molecule has 0 fully saturated rings. The molecule has 0 amide bonds. The summed E-state index contributed by atoms with van der Waals surface area (Å²) in [4.78, 5) is 6.37. The molecule has 1 aromatic rings. The second kappa shape index (κ2) is 4.00. The van der Waals surface area contributed by atoms with Crippen LogP contribution in [0.5, 0.6) is 0 Å². The summed E-state index contributed by atoms with van der Waals surface area (Å²) in [5, 5.41) is 0. The summed E-state index contributed by atoms with van der Waals surface area (Å²) in [6.45, 7) is 0. The molecule has 1 radical (unpaired) electrons. The van der Waals surface area contributed by atoms with Crippen molar-refractivity contribution in [3.05, 3.63) is 17.0 Å². The average Bonchev–Trinajstić information content (AvgIpc) is 1.64. The number of aromatic amines is 1. The van der Waals surface area contributed by atoms with Crippen molar-refractivity contribution in [1.82, 2.24) is 9.97 Å². The SMILES string of the molecule is Nc1ccnc(=S)[nH]1.[Na]. The van der Waals surface area contributed by atoms with Crippen LogP contribution < -0.4 is 5.73 Å². The fourth-order valence-electron chi connectivity index (χ4n) is 0.383. The molecule has 3 N–H and O–H groups in total. The molecule has 0 atom stereocenters. The van der Waals surface area contributed by atoms with Gasteiger partial charge >= 0.3 is 0 Å². The topological polar surface area (TPSA) is 54.7 Å². The Morgan fingerprint density at radius 1 is 1.67 bits per heavy atom. The Hall–Kier alpha value is 0.1000. The van der Waals surface area contributed by atoms with Gasteiger partial charge in [0.05, 0.1) is 0 Å². The van der Waals surface area contributed by atoms with E-state index in [4.69, 9.17) is 5.73 Å². The molecule has 0 aliphatic carbocycles. The van der Waals surface area contributed by atoms with Crippen molar-refractivity contribution in [3.8, 4) is 0 Å². The molecule has 5 heteroatoms. The maximum absolute atomic E-state index is 5.30. The summed E-state index contributed by atoms with van der Waals surface area (Å²) in [6, 6.07) is 1.65. The summed E-state index contributed by atoms with van der Waals surface area (Å²) in [5.41, 5.74) is 5.30. The second-order valence-corrected chi connectivity index (χ2v) is 1.72. The minimum absolute atomic E-state index is 0. The molecule has 0 bridgehead atoms. The van der Waals surface area contributed by atoms with Gasteiger partial charge in [0.25, 0.3) is 0 Å². The monoisotopic (exact) mass is 150 g/mol. The van der Waals surface area contributed by atoms with E-state index >= 15 is 0 Å². The molecule has 1 heterocycles. The van der Waals surface area contributed by atoms with Gasteiger partial charge in [0, 0.05) is 35.8 Å². The van der Waals surface area contributed by atoms with Crippen molar-refractivity contribution in [2.75, 3.05) is 5.73 Å². The third-order valence-corrected chi connectivity index (χ3v) is 0.905. The van der Waals surface area contributed by atoms with Crippen molar-refractivity contribution < 1.29 is 0 Å². The molecular weight excluding hydrogens is 145 g/mol. The molecule has 3 nitrogen and oxygen atoms in total. The molecular formula is C4H5N3NaS. The van der Waals surface area contributed by atoms with Gasteiger partial charge in [0.15, 0.2) is 4.77 Å². The van der Waals surface area contributed by atoms with E-state index in [9.17, 15) is 0 Å². The average molecular weight is 150 g/mol. The molecule has 0 aromatic carbocycles. The van der Waals surface area contributed by atoms with Crippen molar-refractivity contribution in [1.29, 1.82) is 0 Å². The van der Waals surface area contributed by atoms with Gasteiger partial charge in [-0.3, -0.25) is 0 Å². The van der Waals surface area contributed by atoms with Crippen LogP contribution in [-0.4, -0.2) is 39.5 Å². The summed E-state index contributed by atoms with van der Waals surface area (Å²) in [6.07, 6.45) is 1.56. The maximum Gasteiger partial charge on any atom is 0.198 e. The van der Waals surface area contributed by atoms with Crippen LogP contribution in [0.2, 0.25) is 0 Å². The van der Waals surface area contributed by atoms with Crippen LogP contribution in [0.25, 0.3) is 0 Å². The Kier molecular flexibility index (Phi) is 4.05. The van der Waals surface area contributed by atoms with E-state index in [-0.39, 0.29) is 29.6 Å². The minimum Gasteiger partial charge on any atom is -0.385 e. The molecule has 0 saturated heterocycles. The van der Waals surface area contributed by atoms with Crippen LogP contribution in [0.1, 0.15) is 0 Å². The zero-order valence-corrected chi connectivity index (χ0v) is 7.90. The van der Waals surface area contributed by atoms with Gasteiger partial charge in [-0.2, -0.15) is 0 Å². The summed E-state index contributed by atoms with van der Waals surface area (Å²) < 4.78 is 0.421. The zero-order valence-electron chi connectivity index (χ0n) is 5.09. The fourth-order valence-corrected chi connectivity index (χ4v) is 0.561. The van der Waals surface area contributed by atoms with Crippen LogP contribution >= 0.6 is 12.2 Å². The molecule has 0 unspecified atom stereocenters. The van der Waals surface area contributed by atoms with Crippen LogP contribution in [0.4, 0.5) is 5.82 Å². The quantitative estimate of drug-likeness (QED) is 0.414. The minimum atomic E-state index is 0. The Labute approximate surface area is 80.0 Å². The first kappa shape index (κ1) is 9.10. The van der Waals surface area contributed by atoms with Crippen molar-refractivity contribution in [2.45, 2.75) is 0 Å². The Balaban J connectivity index is 0.000000640. The van der Waals surface area contributed by atoms with Crippen LogP contribution in [0.15, 0.2) is 12.3 Å². The van der Waals surface area contributed by atoms with Gasteiger partial charge in [-0.15, -0.1) is 0 Å². The molecule has 43 valence electrons. The molecule has 9 heavy (non-hydrogen) atoms. The predicted octanol–water partition coefficient (Wildman–Crippen LogP) is 0.341. The van der Waals surface area contributed by atoms with Gasteiger partial charge in [-0.25, -0.2) is 4.98 Å².